The molecule has 1 atom stereocenters. The molecule has 0 saturated heterocycles. The molecule has 0 spiro atoms. The lowest BCUT2D eigenvalue weighted by Gasteiger charge is -2.25. The molecule has 0 aliphatic rings. The summed E-state index contributed by atoms with van der Waals surface area (Å²) in [7, 11) is 2.10. The molecule has 0 fully saturated rings. The number of aryl methyl sites for hydroxylation is 2. The summed E-state index contributed by atoms with van der Waals surface area (Å²) in [6, 6.07) is 9.54. The Kier molecular flexibility index (Phi) is 6.28. The summed E-state index contributed by atoms with van der Waals surface area (Å²) in [6.07, 6.45) is 4.97. The van der Waals surface area contributed by atoms with Crippen LogP contribution in [0.4, 0.5) is 0 Å². The van der Waals surface area contributed by atoms with Gasteiger partial charge in [0.2, 0.25) is 0 Å². The SMILES string of the molecule is CCC(CC)C(CCc1cccc(C)c1)NC. The van der Waals surface area contributed by atoms with Crippen LogP contribution in [0, 0.1) is 12.8 Å². The smallest absolute Gasteiger partial charge is 0.00952 e. The molecule has 1 rings (SSSR count). The van der Waals surface area contributed by atoms with Crippen LogP contribution in [0.15, 0.2) is 24.3 Å². The molecule has 0 aromatic heterocycles. The van der Waals surface area contributed by atoms with E-state index in [0.717, 1.165) is 5.92 Å². The first-order valence-electron chi connectivity index (χ1n) is 6.94. The summed E-state index contributed by atoms with van der Waals surface area (Å²) < 4.78 is 0. The van der Waals surface area contributed by atoms with E-state index in [9.17, 15) is 0 Å². The van der Waals surface area contributed by atoms with E-state index >= 15 is 0 Å². The Balaban J connectivity index is 2.52. The predicted octanol–water partition coefficient (Wildman–Crippen LogP) is 3.95. The molecule has 1 nitrogen and oxygen atoms in total. The number of nitrogens with one attached hydrogen (secondary N) is 1. The minimum Gasteiger partial charge on any atom is -0.317 e. The van der Waals surface area contributed by atoms with Gasteiger partial charge in [-0.3, -0.25) is 0 Å². The average molecular weight is 233 g/mol. The number of rotatable bonds is 7. The molecule has 17 heavy (non-hydrogen) atoms. The van der Waals surface area contributed by atoms with Crippen LogP contribution in [0.25, 0.3) is 0 Å². The lowest BCUT2D eigenvalue weighted by atomic mass is 9.89. The topological polar surface area (TPSA) is 12.0 Å². The van der Waals surface area contributed by atoms with Crippen molar-refractivity contribution in [2.45, 2.75) is 52.5 Å². The van der Waals surface area contributed by atoms with Crippen molar-refractivity contribution in [3.63, 3.8) is 0 Å². The van der Waals surface area contributed by atoms with Crippen LogP contribution in [0.1, 0.15) is 44.2 Å². The second-order valence-corrected chi connectivity index (χ2v) is 5.00. The minimum atomic E-state index is 0.658. The van der Waals surface area contributed by atoms with E-state index in [1.54, 1.807) is 0 Å². The zero-order valence-corrected chi connectivity index (χ0v) is 11.8. The highest BCUT2D eigenvalue weighted by molar-refractivity contribution is 5.22. The van der Waals surface area contributed by atoms with Gasteiger partial charge >= 0.3 is 0 Å². The second kappa shape index (κ2) is 7.50. The van der Waals surface area contributed by atoms with Crippen LogP contribution >= 0.6 is 0 Å². The molecule has 1 heteroatoms. The second-order valence-electron chi connectivity index (χ2n) is 5.00. The molecule has 0 saturated carbocycles. The molecule has 1 unspecified atom stereocenters. The standard InChI is InChI=1S/C16H27N/c1-5-15(6-2)16(17-4)11-10-14-9-7-8-13(3)12-14/h7-9,12,15-17H,5-6,10-11H2,1-4H3. The fourth-order valence-corrected chi connectivity index (χ4v) is 2.66. The number of benzene rings is 1. The van der Waals surface area contributed by atoms with E-state index in [2.05, 4.69) is 57.4 Å². The van der Waals surface area contributed by atoms with Crippen LogP contribution in [0.5, 0.6) is 0 Å². The minimum absolute atomic E-state index is 0.658. The van der Waals surface area contributed by atoms with Gasteiger partial charge in [-0.05, 0) is 38.3 Å². The molecule has 1 N–H and O–H groups in total. The summed E-state index contributed by atoms with van der Waals surface area (Å²) in [6.45, 7) is 6.76. The van der Waals surface area contributed by atoms with Gasteiger partial charge in [0.1, 0.15) is 0 Å². The summed E-state index contributed by atoms with van der Waals surface area (Å²) in [5.74, 6) is 0.810. The van der Waals surface area contributed by atoms with Crippen LogP contribution in [-0.4, -0.2) is 13.1 Å². The van der Waals surface area contributed by atoms with Gasteiger partial charge in [0.05, 0.1) is 0 Å². The van der Waals surface area contributed by atoms with E-state index in [0.29, 0.717) is 6.04 Å². The van der Waals surface area contributed by atoms with Crippen molar-refractivity contribution >= 4 is 0 Å². The largest absolute Gasteiger partial charge is 0.317 e. The fourth-order valence-electron chi connectivity index (χ4n) is 2.66. The maximum atomic E-state index is 3.49. The van der Waals surface area contributed by atoms with Crippen LogP contribution < -0.4 is 5.32 Å². The van der Waals surface area contributed by atoms with Crippen LogP contribution in [-0.2, 0) is 6.42 Å². The van der Waals surface area contributed by atoms with Gasteiger partial charge in [0.25, 0.3) is 0 Å². The van der Waals surface area contributed by atoms with Crippen molar-refractivity contribution in [3.05, 3.63) is 35.4 Å². The normalized spacial score (nSPS) is 13.0. The molecule has 0 amide bonds. The fraction of sp³-hybridized carbons (Fsp3) is 0.625. The molecule has 1 aromatic rings. The van der Waals surface area contributed by atoms with Crippen molar-refractivity contribution in [2.75, 3.05) is 7.05 Å². The highest BCUT2D eigenvalue weighted by atomic mass is 14.9. The highest BCUT2D eigenvalue weighted by Gasteiger charge is 2.16. The van der Waals surface area contributed by atoms with Gasteiger partial charge in [0, 0.05) is 6.04 Å². The molecular formula is C16H27N. The number of hydrogen-bond acceptors (Lipinski definition) is 1. The van der Waals surface area contributed by atoms with E-state index in [-0.39, 0.29) is 0 Å². The summed E-state index contributed by atoms with van der Waals surface area (Å²) in [5, 5.41) is 3.49. The maximum Gasteiger partial charge on any atom is 0.00952 e. The van der Waals surface area contributed by atoms with Crippen LogP contribution in [0.3, 0.4) is 0 Å². The Morgan fingerprint density at radius 3 is 2.41 bits per heavy atom. The van der Waals surface area contributed by atoms with Gasteiger partial charge in [-0.15, -0.1) is 0 Å². The third-order valence-electron chi connectivity index (χ3n) is 3.82. The summed E-state index contributed by atoms with van der Waals surface area (Å²) in [5.41, 5.74) is 2.84. The Bertz CT molecular complexity index is 315. The molecule has 0 aliphatic carbocycles. The molecule has 1 aromatic carbocycles. The molecule has 0 radical (unpaired) electrons. The van der Waals surface area contributed by atoms with E-state index in [1.807, 2.05) is 0 Å². The maximum absolute atomic E-state index is 3.49. The van der Waals surface area contributed by atoms with Gasteiger partial charge < -0.3 is 5.32 Å². The average Bonchev–Trinajstić information content (AvgIpc) is 2.34. The first-order valence-corrected chi connectivity index (χ1v) is 6.94. The number of hydrogen-bond donors (Lipinski definition) is 1. The molecular weight excluding hydrogens is 206 g/mol. The van der Waals surface area contributed by atoms with E-state index < -0.39 is 0 Å². The molecule has 0 heterocycles. The van der Waals surface area contributed by atoms with Crippen molar-refractivity contribution < 1.29 is 0 Å². The van der Waals surface area contributed by atoms with E-state index in [4.69, 9.17) is 0 Å². The third kappa shape index (κ3) is 4.51. The highest BCUT2D eigenvalue weighted by Crippen LogP contribution is 2.18. The van der Waals surface area contributed by atoms with Gasteiger partial charge in [-0.1, -0.05) is 56.5 Å². The van der Waals surface area contributed by atoms with Crippen molar-refractivity contribution in [1.82, 2.24) is 5.32 Å². The Hall–Kier alpha value is -0.820. The lowest BCUT2D eigenvalue weighted by molar-refractivity contribution is 0.334. The van der Waals surface area contributed by atoms with Crippen molar-refractivity contribution in [3.8, 4) is 0 Å². The first-order chi connectivity index (χ1) is 8.21. The van der Waals surface area contributed by atoms with E-state index in [1.165, 1.54) is 36.8 Å². The molecule has 96 valence electrons. The van der Waals surface area contributed by atoms with Gasteiger partial charge in [-0.25, -0.2) is 0 Å². The van der Waals surface area contributed by atoms with Crippen LogP contribution in [0.2, 0.25) is 0 Å². The molecule has 0 bridgehead atoms. The summed E-state index contributed by atoms with van der Waals surface area (Å²) in [4.78, 5) is 0. The predicted molar refractivity (Wildman–Crippen MR) is 76.4 cm³/mol. The monoisotopic (exact) mass is 233 g/mol. The van der Waals surface area contributed by atoms with Gasteiger partial charge in [-0.2, -0.15) is 0 Å². The Labute approximate surface area is 107 Å². The first kappa shape index (κ1) is 14.2. The quantitative estimate of drug-likeness (QED) is 0.752. The van der Waals surface area contributed by atoms with Gasteiger partial charge in [0.15, 0.2) is 0 Å². The van der Waals surface area contributed by atoms with Crippen molar-refractivity contribution in [2.24, 2.45) is 5.92 Å². The Morgan fingerprint density at radius 1 is 1.18 bits per heavy atom. The van der Waals surface area contributed by atoms with Crippen molar-refractivity contribution in [1.29, 1.82) is 0 Å². The zero-order chi connectivity index (χ0) is 12.7. The third-order valence-corrected chi connectivity index (χ3v) is 3.82. The Morgan fingerprint density at radius 2 is 1.88 bits per heavy atom. The zero-order valence-electron chi connectivity index (χ0n) is 11.8. The lowest BCUT2D eigenvalue weighted by Crippen LogP contribution is -2.33. The molecule has 0 aliphatic heterocycles. The summed E-state index contributed by atoms with van der Waals surface area (Å²) >= 11 is 0.